The highest BCUT2D eigenvalue weighted by atomic mass is 16.2. The third-order valence-electron chi connectivity index (χ3n) is 4.06. The largest absolute Gasteiger partial charge is 0.359 e. The van der Waals surface area contributed by atoms with Gasteiger partial charge >= 0.3 is 0 Å². The number of carbonyl (C=O) groups is 1. The Morgan fingerprint density at radius 1 is 1.21 bits per heavy atom. The molecule has 1 atom stereocenters. The minimum absolute atomic E-state index is 0.00898. The molecule has 134 valence electrons. The van der Waals surface area contributed by atoms with Crippen molar-refractivity contribution in [2.45, 2.75) is 47.1 Å². The van der Waals surface area contributed by atoms with E-state index >= 15 is 0 Å². The van der Waals surface area contributed by atoms with Crippen LogP contribution >= 0.6 is 0 Å². The van der Waals surface area contributed by atoms with Gasteiger partial charge in [0.15, 0.2) is 5.96 Å². The zero-order chi connectivity index (χ0) is 18.2. The molecule has 0 saturated heterocycles. The lowest BCUT2D eigenvalue weighted by Crippen LogP contribution is -2.41. The summed E-state index contributed by atoms with van der Waals surface area (Å²) in [5, 5.41) is 9.34. The molecule has 0 aliphatic rings. The summed E-state index contributed by atoms with van der Waals surface area (Å²) in [5.41, 5.74) is 2.01. The number of rotatable bonds is 7. The monoisotopic (exact) mass is 332 g/mol. The molecule has 0 heterocycles. The number of hydrogen-bond donors (Lipinski definition) is 3. The summed E-state index contributed by atoms with van der Waals surface area (Å²) in [5.74, 6) is 0.715. The van der Waals surface area contributed by atoms with E-state index in [4.69, 9.17) is 0 Å². The molecule has 0 fully saturated rings. The van der Waals surface area contributed by atoms with Crippen LogP contribution in [0.5, 0.6) is 0 Å². The van der Waals surface area contributed by atoms with Crippen LogP contribution in [0.4, 0.5) is 0 Å². The number of aliphatic imine (C=N–C) groups is 1. The molecule has 5 nitrogen and oxygen atoms in total. The SMILES string of the molecule is CCNC(=NCC(C)(C)C(=O)NC)NC(C)c1ccc(CC)cc1. The van der Waals surface area contributed by atoms with E-state index in [0.717, 1.165) is 18.9 Å². The first kappa shape index (κ1) is 20.0. The van der Waals surface area contributed by atoms with Crippen LogP contribution < -0.4 is 16.0 Å². The van der Waals surface area contributed by atoms with Gasteiger partial charge in [-0.3, -0.25) is 9.79 Å². The molecular weight excluding hydrogens is 300 g/mol. The molecule has 1 amide bonds. The van der Waals surface area contributed by atoms with Gasteiger partial charge in [-0.1, -0.05) is 31.2 Å². The van der Waals surface area contributed by atoms with Crippen molar-refractivity contribution in [3.8, 4) is 0 Å². The number of guanidine groups is 1. The fourth-order valence-corrected chi connectivity index (χ4v) is 2.34. The van der Waals surface area contributed by atoms with Gasteiger partial charge in [-0.05, 0) is 45.2 Å². The first-order valence-electron chi connectivity index (χ1n) is 8.69. The van der Waals surface area contributed by atoms with Crippen LogP contribution in [0.3, 0.4) is 0 Å². The molecule has 1 aromatic carbocycles. The maximum absolute atomic E-state index is 11.9. The quantitative estimate of drug-likeness (QED) is 0.531. The number of nitrogens with zero attached hydrogens (tertiary/aromatic N) is 1. The van der Waals surface area contributed by atoms with Gasteiger partial charge in [0, 0.05) is 13.6 Å². The summed E-state index contributed by atoms with van der Waals surface area (Å²) in [6.07, 6.45) is 1.04. The molecule has 24 heavy (non-hydrogen) atoms. The summed E-state index contributed by atoms with van der Waals surface area (Å²) in [7, 11) is 1.65. The molecule has 0 bridgehead atoms. The van der Waals surface area contributed by atoms with E-state index < -0.39 is 5.41 Å². The highest BCUT2D eigenvalue weighted by Gasteiger charge is 2.26. The predicted molar refractivity (Wildman–Crippen MR) is 101 cm³/mol. The first-order chi connectivity index (χ1) is 11.3. The Morgan fingerprint density at radius 3 is 2.33 bits per heavy atom. The second-order valence-electron chi connectivity index (χ2n) is 6.62. The number of benzene rings is 1. The van der Waals surface area contributed by atoms with Crippen molar-refractivity contribution >= 4 is 11.9 Å². The van der Waals surface area contributed by atoms with Gasteiger partial charge in [0.05, 0.1) is 18.0 Å². The molecule has 0 aliphatic heterocycles. The number of hydrogen-bond acceptors (Lipinski definition) is 2. The van der Waals surface area contributed by atoms with Crippen molar-refractivity contribution in [1.29, 1.82) is 0 Å². The number of nitrogens with one attached hydrogen (secondary N) is 3. The van der Waals surface area contributed by atoms with Crippen molar-refractivity contribution in [1.82, 2.24) is 16.0 Å². The maximum Gasteiger partial charge on any atom is 0.227 e. The molecule has 0 spiro atoms. The van der Waals surface area contributed by atoms with E-state index in [0.29, 0.717) is 6.54 Å². The number of carbonyl (C=O) groups excluding carboxylic acids is 1. The Labute approximate surface area is 146 Å². The van der Waals surface area contributed by atoms with E-state index in [1.54, 1.807) is 7.05 Å². The minimum Gasteiger partial charge on any atom is -0.359 e. The highest BCUT2D eigenvalue weighted by Crippen LogP contribution is 2.16. The van der Waals surface area contributed by atoms with Gasteiger partial charge in [-0.25, -0.2) is 0 Å². The maximum atomic E-state index is 11.9. The molecule has 0 aliphatic carbocycles. The van der Waals surface area contributed by atoms with Crippen LogP contribution in [0, 0.1) is 5.41 Å². The van der Waals surface area contributed by atoms with Crippen molar-refractivity contribution in [3.05, 3.63) is 35.4 Å². The van der Waals surface area contributed by atoms with Gasteiger partial charge < -0.3 is 16.0 Å². The fourth-order valence-electron chi connectivity index (χ4n) is 2.34. The molecule has 0 aromatic heterocycles. The third kappa shape index (κ3) is 5.87. The van der Waals surface area contributed by atoms with Crippen LogP contribution in [0.1, 0.15) is 51.8 Å². The highest BCUT2D eigenvalue weighted by molar-refractivity contribution is 5.83. The standard InChI is InChI=1S/C19H32N4O/c1-7-15-9-11-16(12-10-15)14(3)23-18(21-8-2)22-13-19(4,5)17(24)20-6/h9-12,14H,7-8,13H2,1-6H3,(H,20,24)(H2,21,22,23). The molecule has 1 aromatic rings. The molecule has 1 unspecified atom stereocenters. The average molecular weight is 332 g/mol. The minimum atomic E-state index is -0.539. The van der Waals surface area contributed by atoms with E-state index in [-0.39, 0.29) is 11.9 Å². The summed E-state index contributed by atoms with van der Waals surface area (Å²) in [4.78, 5) is 16.5. The van der Waals surface area contributed by atoms with Crippen LogP contribution in [-0.2, 0) is 11.2 Å². The van der Waals surface area contributed by atoms with Crippen LogP contribution in [0.15, 0.2) is 29.3 Å². The van der Waals surface area contributed by atoms with Crippen molar-refractivity contribution in [2.75, 3.05) is 20.1 Å². The zero-order valence-electron chi connectivity index (χ0n) is 15.9. The topological polar surface area (TPSA) is 65.5 Å². The van der Waals surface area contributed by atoms with Crippen LogP contribution in [0.25, 0.3) is 0 Å². The second-order valence-corrected chi connectivity index (χ2v) is 6.62. The van der Waals surface area contributed by atoms with Gasteiger partial charge in [0.2, 0.25) is 5.91 Å². The average Bonchev–Trinajstić information content (AvgIpc) is 2.59. The smallest absolute Gasteiger partial charge is 0.227 e. The summed E-state index contributed by atoms with van der Waals surface area (Å²) in [6.45, 7) is 11.3. The number of aryl methyl sites for hydroxylation is 1. The zero-order valence-corrected chi connectivity index (χ0v) is 15.9. The molecule has 5 heteroatoms. The molecular formula is C19H32N4O. The Morgan fingerprint density at radius 2 is 1.83 bits per heavy atom. The van der Waals surface area contributed by atoms with Crippen molar-refractivity contribution < 1.29 is 4.79 Å². The normalized spacial score (nSPS) is 13.3. The summed E-state index contributed by atoms with van der Waals surface area (Å²) in [6, 6.07) is 8.75. The van der Waals surface area contributed by atoms with E-state index in [1.165, 1.54) is 11.1 Å². The Kier molecular flexibility index (Phi) is 7.75. The van der Waals surface area contributed by atoms with E-state index in [9.17, 15) is 4.79 Å². The number of amides is 1. The third-order valence-corrected chi connectivity index (χ3v) is 4.06. The van der Waals surface area contributed by atoms with Crippen LogP contribution in [0.2, 0.25) is 0 Å². The van der Waals surface area contributed by atoms with Gasteiger partial charge in [0.1, 0.15) is 0 Å². The van der Waals surface area contributed by atoms with Gasteiger partial charge in [0.25, 0.3) is 0 Å². The molecule has 0 radical (unpaired) electrons. The Bertz CT molecular complexity index is 549. The van der Waals surface area contributed by atoms with Gasteiger partial charge in [-0.2, -0.15) is 0 Å². The lowest BCUT2D eigenvalue weighted by atomic mass is 9.93. The van der Waals surface area contributed by atoms with Gasteiger partial charge in [-0.15, -0.1) is 0 Å². The summed E-state index contributed by atoms with van der Waals surface area (Å²) < 4.78 is 0. The predicted octanol–water partition coefficient (Wildman–Crippen LogP) is 2.64. The van der Waals surface area contributed by atoms with Crippen molar-refractivity contribution in [2.24, 2.45) is 10.4 Å². The fraction of sp³-hybridized carbons (Fsp3) is 0.579. The van der Waals surface area contributed by atoms with E-state index in [2.05, 4.69) is 59.1 Å². The summed E-state index contributed by atoms with van der Waals surface area (Å²) >= 11 is 0. The molecule has 0 saturated carbocycles. The Hall–Kier alpha value is -2.04. The lowest BCUT2D eigenvalue weighted by Gasteiger charge is -2.22. The molecule has 1 rings (SSSR count). The second kappa shape index (κ2) is 9.30. The lowest BCUT2D eigenvalue weighted by molar-refractivity contribution is -0.128. The van der Waals surface area contributed by atoms with E-state index in [1.807, 2.05) is 20.8 Å². The Balaban J connectivity index is 2.80. The molecule has 3 N–H and O–H groups in total. The first-order valence-corrected chi connectivity index (χ1v) is 8.69. The van der Waals surface area contributed by atoms with Crippen molar-refractivity contribution in [3.63, 3.8) is 0 Å². The van der Waals surface area contributed by atoms with Crippen LogP contribution in [-0.4, -0.2) is 32.0 Å².